The summed E-state index contributed by atoms with van der Waals surface area (Å²) in [7, 11) is -1.58. The van der Waals surface area contributed by atoms with E-state index in [1.807, 2.05) is 0 Å². The summed E-state index contributed by atoms with van der Waals surface area (Å²) in [6.45, 7) is 2.25. The van der Waals surface area contributed by atoms with Gasteiger partial charge in [0.05, 0.1) is 6.26 Å². The van der Waals surface area contributed by atoms with Gasteiger partial charge in [0.25, 0.3) is 10.1 Å². The summed E-state index contributed by atoms with van der Waals surface area (Å²) in [6.07, 6.45) is -3.88. The fourth-order valence-corrected chi connectivity index (χ4v) is 3.98. The molecule has 0 bridgehead atoms. The lowest BCUT2D eigenvalue weighted by Gasteiger charge is -2.50. The van der Waals surface area contributed by atoms with Crippen LogP contribution in [0.1, 0.15) is 13.8 Å². The molecule has 0 aromatic rings. The first kappa shape index (κ1) is 21.5. The minimum atomic E-state index is -4.12. The largest absolute Gasteiger partial charge is 0.456 e. The van der Waals surface area contributed by atoms with Gasteiger partial charge in [-0.2, -0.15) is 8.42 Å². The molecule has 9 nitrogen and oxygen atoms in total. The van der Waals surface area contributed by atoms with Crippen molar-refractivity contribution in [3.63, 3.8) is 0 Å². The van der Waals surface area contributed by atoms with Crippen molar-refractivity contribution >= 4 is 37.8 Å². The number of hydrogen-bond donors (Lipinski definition) is 0. The molecule has 0 aliphatic carbocycles. The molecular weight excluding hydrogens is 412 g/mol. The quantitative estimate of drug-likeness (QED) is 0.311. The first-order chi connectivity index (χ1) is 11.0. The number of carbonyl (C=O) groups excluding carboxylic acids is 2. The standard InChI is InChI=1S/C13H21BrO9S/c1-7(15)13(23-24(5,17)18)10(21-8(2)16)9(6-14)22-12(20-4)11(13)19-3/h9-12H,6H2,1-5H3/t9-,10-,11+,12+,13+/m1/s1. The number of esters is 1. The lowest BCUT2D eigenvalue weighted by Crippen LogP contribution is -2.72. The molecule has 0 radical (unpaired) electrons. The third kappa shape index (κ3) is 4.33. The summed E-state index contributed by atoms with van der Waals surface area (Å²) in [5.41, 5.74) is -2.15. The Morgan fingerprint density at radius 3 is 2.08 bits per heavy atom. The van der Waals surface area contributed by atoms with Gasteiger partial charge in [-0.05, 0) is 6.92 Å². The van der Waals surface area contributed by atoms with Gasteiger partial charge in [0.2, 0.25) is 5.60 Å². The highest BCUT2D eigenvalue weighted by Gasteiger charge is 2.65. The molecule has 0 saturated carbocycles. The van der Waals surface area contributed by atoms with E-state index in [9.17, 15) is 18.0 Å². The van der Waals surface area contributed by atoms with Gasteiger partial charge in [-0.25, -0.2) is 4.18 Å². The second-order valence-electron chi connectivity index (χ2n) is 5.26. The Kier molecular flexibility index (Phi) is 7.32. The number of ketones is 1. The Hall–Kier alpha value is -0.590. The zero-order valence-electron chi connectivity index (χ0n) is 14.0. The van der Waals surface area contributed by atoms with Crippen LogP contribution in [0.15, 0.2) is 0 Å². The Morgan fingerprint density at radius 1 is 1.17 bits per heavy atom. The van der Waals surface area contributed by atoms with Crippen molar-refractivity contribution in [2.75, 3.05) is 25.8 Å². The van der Waals surface area contributed by atoms with Crippen molar-refractivity contribution in [1.82, 2.24) is 0 Å². The normalized spacial score (nSPS) is 33.9. The molecule has 0 aromatic carbocycles. The average molecular weight is 433 g/mol. The molecule has 11 heteroatoms. The monoisotopic (exact) mass is 432 g/mol. The minimum absolute atomic E-state index is 0.128. The highest BCUT2D eigenvalue weighted by Crippen LogP contribution is 2.39. The fourth-order valence-electron chi connectivity index (χ4n) is 2.68. The molecule has 1 aliphatic rings. The van der Waals surface area contributed by atoms with E-state index in [4.69, 9.17) is 23.1 Å². The van der Waals surface area contributed by atoms with E-state index >= 15 is 0 Å². The van der Waals surface area contributed by atoms with E-state index in [2.05, 4.69) is 15.9 Å². The summed E-state index contributed by atoms with van der Waals surface area (Å²) in [4.78, 5) is 24.0. The van der Waals surface area contributed by atoms with E-state index in [1.165, 1.54) is 14.2 Å². The zero-order valence-corrected chi connectivity index (χ0v) is 16.4. The van der Waals surface area contributed by atoms with Crippen molar-refractivity contribution < 1.29 is 41.1 Å². The SMILES string of the molecule is CO[C@H]1O[C@H](CBr)[C@@H](OC(C)=O)[C@@](OS(C)(=O)=O)(C(C)=O)[C@H]1OC. The molecule has 1 fully saturated rings. The molecule has 0 spiro atoms. The summed E-state index contributed by atoms with van der Waals surface area (Å²) in [5, 5.41) is 0.128. The maximum Gasteiger partial charge on any atom is 0.303 e. The van der Waals surface area contributed by atoms with Gasteiger partial charge in [-0.15, -0.1) is 0 Å². The number of rotatable bonds is 7. The van der Waals surface area contributed by atoms with E-state index in [1.54, 1.807) is 0 Å². The highest BCUT2D eigenvalue weighted by molar-refractivity contribution is 9.09. The molecule has 1 saturated heterocycles. The molecule has 0 unspecified atom stereocenters. The second-order valence-corrected chi connectivity index (χ2v) is 7.48. The van der Waals surface area contributed by atoms with Crippen LogP contribution in [0.25, 0.3) is 0 Å². The van der Waals surface area contributed by atoms with Gasteiger partial charge >= 0.3 is 5.97 Å². The second kappa shape index (κ2) is 8.19. The third-order valence-electron chi connectivity index (χ3n) is 3.51. The van der Waals surface area contributed by atoms with Crippen molar-refractivity contribution in [3.05, 3.63) is 0 Å². The van der Waals surface area contributed by atoms with Crippen LogP contribution in [0, 0.1) is 0 Å². The van der Waals surface area contributed by atoms with E-state index in [0.29, 0.717) is 0 Å². The van der Waals surface area contributed by atoms with Gasteiger partial charge in [0, 0.05) is 26.5 Å². The van der Waals surface area contributed by atoms with Crippen LogP contribution in [0.2, 0.25) is 0 Å². The molecular formula is C13H21BrO9S. The summed E-state index contributed by atoms with van der Waals surface area (Å²) >= 11 is 3.19. The van der Waals surface area contributed by atoms with Gasteiger partial charge in [-0.1, -0.05) is 15.9 Å². The number of alkyl halides is 1. The van der Waals surface area contributed by atoms with Gasteiger partial charge < -0.3 is 18.9 Å². The van der Waals surface area contributed by atoms with Crippen LogP contribution in [-0.2, 0) is 42.8 Å². The molecule has 0 aromatic heterocycles. The summed E-state index contributed by atoms with van der Waals surface area (Å²) in [5.74, 6) is -1.44. The highest BCUT2D eigenvalue weighted by atomic mass is 79.9. The van der Waals surface area contributed by atoms with E-state index < -0.39 is 52.1 Å². The van der Waals surface area contributed by atoms with Crippen LogP contribution in [0.3, 0.4) is 0 Å². The number of carbonyl (C=O) groups is 2. The average Bonchev–Trinajstić information content (AvgIpc) is 2.46. The Bertz CT molecular complexity index is 578. The zero-order chi connectivity index (χ0) is 18.7. The van der Waals surface area contributed by atoms with Crippen LogP contribution in [0.4, 0.5) is 0 Å². The molecule has 1 rings (SSSR count). The first-order valence-corrected chi connectivity index (χ1v) is 9.83. The summed E-state index contributed by atoms with van der Waals surface area (Å²) < 4.78 is 50.1. The lowest BCUT2D eigenvalue weighted by atomic mass is 9.81. The van der Waals surface area contributed by atoms with E-state index in [-0.39, 0.29) is 5.33 Å². The molecule has 0 amide bonds. The first-order valence-electron chi connectivity index (χ1n) is 6.89. The Balaban J connectivity index is 3.62. The smallest absolute Gasteiger partial charge is 0.303 e. The molecule has 0 N–H and O–H groups in total. The minimum Gasteiger partial charge on any atom is -0.456 e. The molecule has 140 valence electrons. The number of halogens is 1. The van der Waals surface area contributed by atoms with Crippen LogP contribution in [-0.4, -0.2) is 76.2 Å². The number of methoxy groups -OCH3 is 2. The maximum atomic E-state index is 12.5. The van der Waals surface area contributed by atoms with Crippen LogP contribution >= 0.6 is 15.9 Å². The van der Waals surface area contributed by atoms with Crippen molar-refractivity contribution in [1.29, 1.82) is 0 Å². The molecule has 1 heterocycles. The molecule has 24 heavy (non-hydrogen) atoms. The molecule has 1 aliphatic heterocycles. The van der Waals surface area contributed by atoms with Gasteiger partial charge in [-0.3, -0.25) is 9.59 Å². The summed E-state index contributed by atoms with van der Waals surface area (Å²) in [6, 6.07) is 0. The number of ether oxygens (including phenoxy) is 4. The fraction of sp³-hybridized carbons (Fsp3) is 0.846. The Labute approximate surface area is 149 Å². The van der Waals surface area contributed by atoms with Crippen molar-refractivity contribution in [2.24, 2.45) is 0 Å². The topological polar surface area (TPSA) is 114 Å². The third-order valence-corrected chi connectivity index (χ3v) is 4.73. The predicted octanol–water partition coefficient (Wildman–Crippen LogP) is 0.00330. The van der Waals surface area contributed by atoms with Gasteiger partial charge in [0.1, 0.15) is 12.2 Å². The van der Waals surface area contributed by atoms with E-state index in [0.717, 1.165) is 20.1 Å². The van der Waals surface area contributed by atoms with Crippen molar-refractivity contribution in [2.45, 2.75) is 44.1 Å². The number of Topliss-reactive ketones (excluding diaryl/α,β-unsaturated/α-hetero) is 1. The Morgan fingerprint density at radius 2 is 1.75 bits per heavy atom. The van der Waals surface area contributed by atoms with Crippen LogP contribution < -0.4 is 0 Å². The number of hydrogen-bond acceptors (Lipinski definition) is 9. The maximum absolute atomic E-state index is 12.5. The van der Waals surface area contributed by atoms with Gasteiger partial charge in [0.15, 0.2) is 18.2 Å². The van der Waals surface area contributed by atoms with Crippen molar-refractivity contribution in [3.8, 4) is 0 Å². The molecule has 5 atom stereocenters. The van der Waals surface area contributed by atoms with Crippen LogP contribution in [0.5, 0.6) is 0 Å². The lowest BCUT2D eigenvalue weighted by molar-refractivity contribution is -0.309. The predicted molar refractivity (Wildman–Crippen MR) is 85.2 cm³/mol.